The molecule has 0 amide bonds. The summed E-state index contributed by atoms with van der Waals surface area (Å²) in [5, 5.41) is 5.54. The van der Waals surface area contributed by atoms with Crippen molar-refractivity contribution in [2.24, 2.45) is 5.10 Å². The summed E-state index contributed by atoms with van der Waals surface area (Å²) in [5.74, 6) is 1.19. The summed E-state index contributed by atoms with van der Waals surface area (Å²) >= 11 is 15.7. The molecule has 0 heterocycles. The van der Waals surface area contributed by atoms with Gasteiger partial charge >= 0.3 is 0 Å². The van der Waals surface area contributed by atoms with Gasteiger partial charge in [-0.25, -0.2) is 0 Å². The number of hydrogen-bond acceptors (Lipinski definition) is 4. The number of nitrogens with zero attached hydrogens (tertiary/aromatic N) is 1. The number of hydrogen-bond donors (Lipinski definition) is 1. The van der Waals surface area contributed by atoms with Crippen LogP contribution in [0, 0.1) is 0 Å². The summed E-state index contributed by atoms with van der Waals surface area (Å²) in [6.07, 6.45) is 1.69. The highest BCUT2D eigenvalue weighted by molar-refractivity contribution is 9.10. The van der Waals surface area contributed by atoms with E-state index in [0.717, 1.165) is 21.3 Å². The number of hydrazone groups is 1. The molecule has 28 heavy (non-hydrogen) atoms. The van der Waals surface area contributed by atoms with Crippen molar-refractivity contribution in [2.75, 3.05) is 12.5 Å². The monoisotopic (exact) mass is 478 g/mol. The van der Waals surface area contributed by atoms with Crippen molar-refractivity contribution in [1.82, 2.24) is 0 Å². The molecule has 0 saturated heterocycles. The third-order valence-corrected chi connectivity index (χ3v) is 5.01. The van der Waals surface area contributed by atoms with Gasteiger partial charge in [-0.15, -0.1) is 0 Å². The standard InChI is InChI=1S/C21H17BrCl2N2O2/c1-27-20-10-14(12-25-26-17-7-4-6-16(23)11-17)9-18(22)21(20)28-13-15-5-2-3-8-19(15)24/h2-12,26H,13H2,1H3. The van der Waals surface area contributed by atoms with Gasteiger partial charge in [0.15, 0.2) is 11.5 Å². The normalized spacial score (nSPS) is 10.9. The Labute approximate surface area is 182 Å². The second-order valence-electron chi connectivity index (χ2n) is 5.79. The van der Waals surface area contributed by atoms with E-state index in [4.69, 9.17) is 32.7 Å². The second kappa shape index (κ2) is 9.82. The topological polar surface area (TPSA) is 42.8 Å². The van der Waals surface area contributed by atoms with Gasteiger partial charge in [0.25, 0.3) is 0 Å². The SMILES string of the molecule is COc1cc(C=NNc2cccc(Cl)c2)cc(Br)c1OCc1ccccc1Cl. The Bertz CT molecular complexity index is 996. The minimum Gasteiger partial charge on any atom is -0.493 e. The summed E-state index contributed by atoms with van der Waals surface area (Å²) in [4.78, 5) is 0. The molecule has 1 N–H and O–H groups in total. The van der Waals surface area contributed by atoms with E-state index in [9.17, 15) is 0 Å². The lowest BCUT2D eigenvalue weighted by atomic mass is 10.2. The van der Waals surface area contributed by atoms with E-state index in [0.29, 0.717) is 28.2 Å². The van der Waals surface area contributed by atoms with Gasteiger partial charge in [0.05, 0.1) is 23.5 Å². The predicted molar refractivity (Wildman–Crippen MR) is 119 cm³/mol. The summed E-state index contributed by atoms with van der Waals surface area (Å²) in [6.45, 7) is 0.332. The lowest BCUT2D eigenvalue weighted by molar-refractivity contribution is 0.282. The molecule has 0 atom stereocenters. The van der Waals surface area contributed by atoms with Gasteiger partial charge in [0.2, 0.25) is 0 Å². The second-order valence-corrected chi connectivity index (χ2v) is 7.49. The highest BCUT2D eigenvalue weighted by atomic mass is 79.9. The van der Waals surface area contributed by atoms with Crippen LogP contribution in [0.1, 0.15) is 11.1 Å². The number of rotatable bonds is 7. The van der Waals surface area contributed by atoms with E-state index in [-0.39, 0.29) is 0 Å². The van der Waals surface area contributed by atoms with Crippen LogP contribution < -0.4 is 14.9 Å². The molecule has 3 aromatic carbocycles. The first-order valence-electron chi connectivity index (χ1n) is 8.35. The third kappa shape index (κ3) is 5.41. The van der Waals surface area contributed by atoms with E-state index < -0.39 is 0 Å². The van der Waals surface area contributed by atoms with Crippen molar-refractivity contribution in [3.63, 3.8) is 0 Å². The average molecular weight is 480 g/mol. The first-order chi connectivity index (χ1) is 13.6. The van der Waals surface area contributed by atoms with Gasteiger partial charge < -0.3 is 9.47 Å². The van der Waals surface area contributed by atoms with Crippen LogP contribution in [0.5, 0.6) is 11.5 Å². The Balaban J connectivity index is 1.73. The van der Waals surface area contributed by atoms with Crippen LogP contribution >= 0.6 is 39.1 Å². The van der Waals surface area contributed by atoms with Crippen LogP contribution in [0.4, 0.5) is 5.69 Å². The van der Waals surface area contributed by atoms with Crippen molar-refractivity contribution in [1.29, 1.82) is 0 Å². The van der Waals surface area contributed by atoms with E-state index in [1.807, 2.05) is 48.5 Å². The molecule has 4 nitrogen and oxygen atoms in total. The van der Waals surface area contributed by atoms with Gasteiger partial charge in [-0.3, -0.25) is 5.43 Å². The molecule has 0 aliphatic carbocycles. The Kier molecular flexibility index (Phi) is 7.20. The maximum Gasteiger partial charge on any atom is 0.175 e. The molecule has 0 saturated carbocycles. The lowest BCUT2D eigenvalue weighted by Crippen LogP contribution is -2.00. The highest BCUT2D eigenvalue weighted by Gasteiger charge is 2.12. The summed E-state index contributed by atoms with van der Waals surface area (Å²) in [5.41, 5.74) is 5.48. The zero-order chi connectivity index (χ0) is 19.9. The van der Waals surface area contributed by atoms with Crippen molar-refractivity contribution < 1.29 is 9.47 Å². The van der Waals surface area contributed by atoms with Crippen molar-refractivity contribution in [3.8, 4) is 11.5 Å². The zero-order valence-corrected chi connectivity index (χ0v) is 18.1. The smallest absolute Gasteiger partial charge is 0.175 e. The predicted octanol–water partition coefficient (Wildman–Crippen LogP) is 6.79. The van der Waals surface area contributed by atoms with E-state index in [2.05, 4.69) is 26.5 Å². The fourth-order valence-corrected chi connectivity index (χ4v) is 3.41. The minimum atomic E-state index is 0.332. The van der Waals surface area contributed by atoms with Crippen LogP contribution in [0.15, 0.2) is 70.2 Å². The van der Waals surface area contributed by atoms with Gasteiger partial charge in [0, 0.05) is 15.6 Å². The number of nitrogens with one attached hydrogen (secondary N) is 1. The fourth-order valence-electron chi connectivity index (χ4n) is 2.46. The molecule has 3 aromatic rings. The molecule has 0 aliphatic heterocycles. The molecule has 0 bridgehead atoms. The molecule has 0 unspecified atom stereocenters. The molecule has 0 spiro atoms. The Morgan fingerprint density at radius 2 is 1.89 bits per heavy atom. The highest BCUT2D eigenvalue weighted by Crippen LogP contribution is 2.37. The zero-order valence-electron chi connectivity index (χ0n) is 15.0. The number of methoxy groups -OCH3 is 1. The third-order valence-electron chi connectivity index (χ3n) is 3.81. The first kappa shape index (κ1) is 20.5. The Morgan fingerprint density at radius 3 is 2.64 bits per heavy atom. The van der Waals surface area contributed by atoms with Gasteiger partial charge in [-0.2, -0.15) is 5.10 Å². The molecular weight excluding hydrogens is 463 g/mol. The van der Waals surface area contributed by atoms with Crippen LogP contribution in [0.3, 0.4) is 0 Å². The quantitative estimate of drug-likeness (QED) is 0.299. The molecular formula is C21H17BrCl2N2O2. The molecule has 0 fully saturated rings. The van der Waals surface area contributed by atoms with Crippen LogP contribution in [-0.2, 0) is 6.61 Å². The number of halogens is 3. The number of benzene rings is 3. The minimum absolute atomic E-state index is 0.332. The molecule has 7 heteroatoms. The number of anilines is 1. The number of ether oxygens (including phenoxy) is 2. The Hall–Kier alpha value is -2.21. The maximum atomic E-state index is 6.19. The summed E-state index contributed by atoms with van der Waals surface area (Å²) in [7, 11) is 1.59. The van der Waals surface area contributed by atoms with Crippen molar-refractivity contribution >= 4 is 51.0 Å². The van der Waals surface area contributed by atoms with Crippen LogP contribution in [-0.4, -0.2) is 13.3 Å². The van der Waals surface area contributed by atoms with Gasteiger partial charge in [0.1, 0.15) is 6.61 Å². The van der Waals surface area contributed by atoms with Gasteiger partial charge in [-0.1, -0.05) is 47.5 Å². The van der Waals surface area contributed by atoms with Crippen LogP contribution in [0.25, 0.3) is 0 Å². The molecule has 0 aromatic heterocycles. The van der Waals surface area contributed by atoms with E-state index in [1.165, 1.54) is 0 Å². The first-order valence-corrected chi connectivity index (χ1v) is 9.90. The Morgan fingerprint density at radius 1 is 1.07 bits per heavy atom. The van der Waals surface area contributed by atoms with E-state index >= 15 is 0 Å². The van der Waals surface area contributed by atoms with Gasteiger partial charge in [-0.05, 0) is 57.9 Å². The fraction of sp³-hybridized carbons (Fsp3) is 0.0952. The summed E-state index contributed by atoms with van der Waals surface area (Å²) < 4.78 is 12.2. The average Bonchev–Trinajstić information content (AvgIpc) is 2.68. The molecule has 3 rings (SSSR count). The van der Waals surface area contributed by atoms with Crippen LogP contribution in [0.2, 0.25) is 10.0 Å². The lowest BCUT2D eigenvalue weighted by Gasteiger charge is -2.14. The molecule has 144 valence electrons. The van der Waals surface area contributed by atoms with Crippen molar-refractivity contribution in [2.45, 2.75) is 6.61 Å². The molecule has 0 radical (unpaired) electrons. The van der Waals surface area contributed by atoms with Crippen molar-refractivity contribution in [3.05, 3.63) is 86.3 Å². The largest absolute Gasteiger partial charge is 0.493 e. The molecule has 0 aliphatic rings. The maximum absolute atomic E-state index is 6.19. The summed E-state index contributed by atoms with van der Waals surface area (Å²) in [6, 6.07) is 18.6. The van der Waals surface area contributed by atoms with E-state index in [1.54, 1.807) is 25.5 Å².